The Kier molecular flexibility index (Phi) is 5.63. The van der Waals surface area contributed by atoms with E-state index in [1.54, 1.807) is 12.1 Å². The Morgan fingerprint density at radius 1 is 1.10 bits per heavy atom. The van der Waals surface area contributed by atoms with Crippen LogP contribution in [-0.2, 0) is 33.0 Å². The van der Waals surface area contributed by atoms with Crippen molar-refractivity contribution < 1.29 is 39.4 Å². The predicted molar refractivity (Wildman–Crippen MR) is 103 cm³/mol. The first-order chi connectivity index (χ1) is 14.4. The molecule has 2 aromatic carbocycles. The van der Waals surface area contributed by atoms with Gasteiger partial charge in [0.05, 0.1) is 25.9 Å². The Morgan fingerprint density at radius 2 is 1.80 bits per heavy atom. The third-order valence-electron chi connectivity index (χ3n) is 5.73. The van der Waals surface area contributed by atoms with Crippen molar-refractivity contribution in [2.24, 2.45) is 0 Å². The highest BCUT2D eigenvalue weighted by Gasteiger charge is 2.58. The van der Waals surface area contributed by atoms with Crippen LogP contribution < -0.4 is 0 Å². The number of ether oxygens (including phenoxy) is 3. The number of aliphatic hydroxyl groups excluding tert-OH is 4. The monoisotopic (exact) mass is 416 g/mol. The van der Waals surface area contributed by atoms with E-state index in [9.17, 15) is 25.2 Å². The van der Waals surface area contributed by atoms with E-state index in [4.69, 9.17) is 14.2 Å². The summed E-state index contributed by atoms with van der Waals surface area (Å²) >= 11 is 0. The second-order valence-electron chi connectivity index (χ2n) is 7.58. The molecule has 8 heteroatoms. The van der Waals surface area contributed by atoms with Gasteiger partial charge in [-0.25, -0.2) is 4.79 Å². The molecule has 5 atom stereocenters. The van der Waals surface area contributed by atoms with Crippen LogP contribution in [0.3, 0.4) is 0 Å². The molecule has 1 saturated heterocycles. The normalized spacial score (nSPS) is 30.3. The minimum atomic E-state index is -1.66. The molecule has 0 aliphatic carbocycles. The fourth-order valence-corrected chi connectivity index (χ4v) is 4.04. The summed E-state index contributed by atoms with van der Waals surface area (Å²) < 4.78 is 16.3. The molecular formula is C22H24O8. The minimum absolute atomic E-state index is 0.168. The predicted octanol–water partition coefficient (Wildman–Crippen LogP) is 0.221. The van der Waals surface area contributed by atoms with Gasteiger partial charge in [0, 0.05) is 5.56 Å². The van der Waals surface area contributed by atoms with Crippen molar-refractivity contribution in [1.82, 2.24) is 0 Å². The average molecular weight is 416 g/mol. The molecule has 0 bridgehead atoms. The summed E-state index contributed by atoms with van der Waals surface area (Å²) in [6, 6.07) is 12.7. The molecule has 1 fully saturated rings. The number of hydrogen-bond donors (Lipinski definition) is 4. The number of rotatable bonds is 4. The lowest BCUT2D eigenvalue weighted by Crippen LogP contribution is -2.63. The molecule has 30 heavy (non-hydrogen) atoms. The molecule has 4 rings (SSSR count). The maximum absolute atomic E-state index is 11.6. The maximum atomic E-state index is 11.6. The van der Waals surface area contributed by atoms with E-state index in [-0.39, 0.29) is 6.61 Å². The van der Waals surface area contributed by atoms with Gasteiger partial charge in [-0.3, -0.25) is 0 Å². The Labute approximate surface area is 173 Å². The van der Waals surface area contributed by atoms with Gasteiger partial charge in [0.15, 0.2) is 0 Å². The number of carbonyl (C=O) groups excluding carboxylic acids is 1. The molecule has 2 aliphatic rings. The summed E-state index contributed by atoms with van der Waals surface area (Å²) in [6.45, 7) is -0.362. The first-order valence-electron chi connectivity index (χ1n) is 9.66. The Bertz CT molecular complexity index is 925. The molecule has 160 valence electrons. The highest BCUT2D eigenvalue weighted by atomic mass is 16.7. The van der Waals surface area contributed by atoms with Crippen LogP contribution in [0.4, 0.5) is 0 Å². The van der Waals surface area contributed by atoms with E-state index >= 15 is 0 Å². The van der Waals surface area contributed by atoms with Crippen molar-refractivity contribution >= 4 is 5.97 Å². The molecular weight excluding hydrogens is 392 g/mol. The highest BCUT2D eigenvalue weighted by Crippen LogP contribution is 2.46. The van der Waals surface area contributed by atoms with Gasteiger partial charge in [-0.15, -0.1) is 0 Å². The standard InChI is InChI=1S/C22H24O8/c1-28-21(27)14-5-2-12(3-6-14)8-13-4-7-15-11-29-22(16(15)9-13)20(26)19(25)18(24)17(10-23)30-22/h2-7,9,17-20,23-26H,8,10-11H2,1H3/t17-,18-,19+,20-,22?/m1/s1. The summed E-state index contributed by atoms with van der Waals surface area (Å²) in [5, 5.41) is 40.5. The third kappa shape index (κ3) is 3.41. The molecule has 8 nitrogen and oxygen atoms in total. The summed E-state index contributed by atoms with van der Waals surface area (Å²) in [4.78, 5) is 11.6. The molecule has 1 spiro atoms. The van der Waals surface area contributed by atoms with Crippen LogP contribution in [0.15, 0.2) is 42.5 Å². The smallest absolute Gasteiger partial charge is 0.337 e. The summed E-state index contributed by atoms with van der Waals surface area (Å²) in [5.74, 6) is -2.06. The highest BCUT2D eigenvalue weighted by molar-refractivity contribution is 5.89. The number of esters is 1. The average Bonchev–Trinajstić information content (AvgIpc) is 3.13. The van der Waals surface area contributed by atoms with E-state index in [0.717, 1.165) is 16.7 Å². The first kappa shape index (κ1) is 20.9. The van der Waals surface area contributed by atoms with Gasteiger partial charge in [-0.1, -0.05) is 24.3 Å². The second-order valence-corrected chi connectivity index (χ2v) is 7.58. The van der Waals surface area contributed by atoms with Gasteiger partial charge in [0.2, 0.25) is 5.79 Å². The zero-order chi connectivity index (χ0) is 21.5. The maximum Gasteiger partial charge on any atom is 0.337 e. The van der Waals surface area contributed by atoms with Gasteiger partial charge in [-0.05, 0) is 41.3 Å². The van der Waals surface area contributed by atoms with Crippen LogP contribution in [0.5, 0.6) is 0 Å². The summed E-state index contributed by atoms with van der Waals surface area (Å²) in [5.41, 5.74) is 3.68. The van der Waals surface area contributed by atoms with Gasteiger partial charge in [0.25, 0.3) is 0 Å². The van der Waals surface area contributed by atoms with E-state index in [1.165, 1.54) is 7.11 Å². The SMILES string of the molecule is COC(=O)c1ccc(Cc2ccc3c(c2)C2(OC3)O[C@H](CO)[C@@H](O)[C@H](O)[C@H]2O)cc1. The molecule has 2 heterocycles. The van der Waals surface area contributed by atoms with Crippen molar-refractivity contribution in [3.05, 3.63) is 70.3 Å². The Hall–Kier alpha value is -2.33. The van der Waals surface area contributed by atoms with E-state index < -0.39 is 42.8 Å². The van der Waals surface area contributed by atoms with Crippen molar-refractivity contribution in [1.29, 1.82) is 0 Å². The molecule has 0 radical (unpaired) electrons. The summed E-state index contributed by atoms with van der Waals surface area (Å²) in [7, 11) is 1.33. The zero-order valence-electron chi connectivity index (χ0n) is 16.4. The quantitative estimate of drug-likeness (QED) is 0.522. The van der Waals surface area contributed by atoms with Crippen molar-refractivity contribution in [3.63, 3.8) is 0 Å². The first-order valence-corrected chi connectivity index (χ1v) is 9.66. The van der Waals surface area contributed by atoms with Gasteiger partial charge >= 0.3 is 5.97 Å². The van der Waals surface area contributed by atoms with E-state index in [0.29, 0.717) is 17.5 Å². The molecule has 1 unspecified atom stereocenters. The van der Waals surface area contributed by atoms with Crippen molar-refractivity contribution in [2.75, 3.05) is 13.7 Å². The number of aliphatic hydroxyl groups is 4. The topological polar surface area (TPSA) is 126 Å². The molecule has 2 aromatic rings. The van der Waals surface area contributed by atoms with Crippen LogP contribution >= 0.6 is 0 Å². The number of methoxy groups -OCH3 is 1. The lowest BCUT2D eigenvalue weighted by atomic mass is 9.86. The van der Waals surface area contributed by atoms with Crippen LogP contribution in [0, 0.1) is 0 Å². The Balaban J connectivity index is 1.62. The molecule has 0 amide bonds. The van der Waals surface area contributed by atoms with Crippen LogP contribution in [0.2, 0.25) is 0 Å². The van der Waals surface area contributed by atoms with Crippen molar-refractivity contribution in [3.8, 4) is 0 Å². The summed E-state index contributed by atoms with van der Waals surface area (Å²) in [6.07, 6.45) is -5.03. The Morgan fingerprint density at radius 3 is 2.47 bits per heavy atom. The lowest BCUT2D eigenvalue weighted by Gasteiger charge is -2.46. The zero-order valence-corrected chi connectivity index (χ0v) is 16.4. The van der Waals surface area contributed by atoms with Gasteiger partial charge < -0.3 is 34.6 Å². The molecule has 0 aromatic heterocycles. The fraction of sp³-hybridized carbons (Fsp3) is 0.409. The van der Waals surface area contributed by atoms with Crippen LogP contribution in [0.25, 0.3) is 0 Å². The van der Waals surface area contributed by atoms with Gasteiger partial charge in [-0.2, -0.15) is 0 Å². The fourth-order valence-electron chi connectivity index (χ4n) is 4.04. The van der Waals surface area contributed by atoms with Crippen LogP contribution in [0.1, 0.15) is 32.6 Å². The third-order valence-corrected chi connectivity index (χ3v) is 5.73. The largest absolute Gasteiger partial charge is 0.465 e. The molecule has 4 N–H and O–H groups in total. The number of fused-ring (bicyclic) bond motifs is 2. The second kappa shape index (κ2) is 8.07. The molecule has 2 aliphatic heterocycles. The van der Waals surface area contributed by atoms with E-state index in [1.807, 2.05) is 30.3 Å². The minimum Gasteiger partial charge on any atom is -0.465 e. The lowest BCUT2D eigenvalue weighted by molar-refractivity contribution is -0.368. The van der Waals surface area contributed by atoms with Crippen molar-refractivity contribution in [2.45, 2.75) is 43.2 Å². The number of hydrogen-bond acceptors (Lipinski definition) is 8. The van der Waals surface area contributed by atoms with Crippen LogP contribution in [-0.4, -0.2) is 64.5 Å². The number of carbonyl (C=O) groups is 1. The number of benzene rings is 2. The van der Waals surface area contributed by atoms with Gasteiger partial charge in [0.1, 0.15) is 24.4 Å². The van der Waals surface area contributed by atoms with E-state index in [2.05, 4.69) is 0 Å². The molecule has 0 saturated carbocycles.